The molecule has 3 heterocycles. The highest BCUT2D eigenvalue weighted by molar-refractivity contribution is 5.63. The summed E-state index contributed by atoms with van der Waals surface area (Å²) in [6, 6.07) is 4.50. The number of aromatic hydroxyl groups is 1. The standard InChI is InChI=1S/C26H35NO4/c1-22(2,3)23(4)17-13-24-8-9-26(17,30-14-29-23)21-25(24)10-11-27(5)18(24)12-15-6-7-16(28)20(31-21)19(15)25/h6-7,17-18,21,28H,8-14H2,1-5H3/t17?,18-,21-,23+,24-,25+,26-/m1/s1. The first-order chi connectivity index (χ1) is 14.6. The quantitative estimate of drug-likeness (QED) is 0.681. The summed E-state index contributed by atoms with van der Waals surface area (Å²) in [7, 11) is 2.32. The molecule has 4 aliphatic carbocycles. The second-order valence-corrected chi connectivity index (χ2v) is 12.5. The van der Waals surface area contributed by atoms with Crippen molar-refractivity contribution in [2.24, 2.45) is 16.7 Å². The number of hydrogen-bond donors (Lipinski definition) is 1. The van der Waals surface area contributed by atoms with Gasteiger partial charge in [0, 0.05) is 28.4 Å². The third-order valence-corrected chi connectivity index (χ3v) is 11.1. The molecule has 168 valence electrons. The summed E-state index contributed by atoms with van der Waals surface area (Å²) in [4.78, 5) is 2.62. The number of nitrogens with zero attached hydrogens (tertiary/aromatic N) is 1. The van der Waals surface area contributed by atoms with Crippen molar-refractivity contribution < 1.29 is 19.3 Å². The van der Waals surface area contributed by atoms with Crippen LogP contribution in [0.1, 0.15) is 64.5 Å². The van der Waals surface area contributed by atoms with E-state index in [1.165, 1.54) is 17.5 Å². The van der Waals surface area contributed by atoms with E-state index in [1.54, 1.807) is 0 Å². The van der Waals surface area contributed by atoms with Gasteiger partial charge in [0.05, 0.1) is 5.60 Å². The minimum Gasteiger partial charge on any atom is -0.504 e. The van der Waals surface area contributed by atoms with Crippen LogP contribution in [0, 0.1) is 16.7 Å². The predicted molar refractivity (Wildman–Crippen MR) is 116 cm³/mol. The van der Waals surface area contributed by atoms with E-state index in [0.29, 0.717) is 18.6 Å². The van der Waals surface area contributed by atoms with E-state index in [0.717, 1.165) is 38.0 Å². The molecular formula is C26H35NO4. The van der Waals surface area contributed by atoms with Crippen LogP contribution in [-0.2, 0) is 21.3 Å². The highest BCUT2D eigenvalue weighted by atomic mass is 16.7. The lowest BCUT2D eigenvalue weighted by Crippen LogP contribution is -2.84. The molecule has 31 heavy (non-hydrogen) atoms. The molecule has 0 amide bonds. The van der Waals surface area contributed by atoms with Gasteiger partial charge in [0.25, 0.3) is 0 Å². The van der Waals surface area contributed by atoms with Gasteiger partial charge in [-0.3, -0.25) is 0 Å². The van der Waals surface area contributed by atoms with E-state index in [4.69, 9.17) is 14.2 Å². The Morgan fingerprint density at radius 1 is 1.13 bits per heavy atom. The minimum atomic E-state index is -0.359. The van der Waals surface area contributed by atoms with Gasteiger partial charge in [-0.15, -0.1) is 0 Å². The van der Waals surface area contributed by atoms with Crippen molar-refractivity contribution in [3.8, 4) is 11.5 Å². The molecule has 0 aromatic heterocycles. The van der Waals surface area contributed by atoms with Gasteiger partial charge in [0.1, 0.15) is 18.5 Å². The van der Waals surface area contributed by atoms with E-state index in [1.807, 2.05) is 6.07 Å². The fourth-order valence-electron chi connectivity index (χ4n) is 9.32. The zero-order valence-electron chi connectivity index (χ0n) is 19.5. The lowest BCUT2D eigenvalue weighted by atomic mass is 9.33. The maximum Gasteiger partial charge on any atom is 0.165 e. The number of piperidine rings is 1. The van der Waals surface area contributed by atoms with Crippen LogP contribution in [0.5, 0.6) is 11.5 Å². The molecule has 1 N–H and O–H groups in total. The molecule has 3 aliphatic heterocycles. The molecule has 3 saturated carbocycles. The fraction of sp³-hybridized carbons (Fsp3) is 0.769. The van der Waals surface area contributed by atoms with E-state index in [2.05, 4.69) is 45.7 Å². The normalized spacial score (nSPS) is 49.4. The first kappa shape index (κ1) is 19.2. The van der Waals surface area contributed by atoms with Gasteiger partial charge in [0.15, 0.2) is 11.5 Å². The molecule has 7 atom stereocenters. The van der Waals surface area contributed by atoms with Crippen LogP contribution < -0.4 is 4.74 Å². The van der Waals surface area contributed by atoms with Gasteiger partial charge in [-0.1, -0.05) is 26.8 Å². The van der Waals surface area contributed by atoms with Gasteiger partial charge >= 0.3 is 0 Å². The molecule has 8 rings (SSSR count). The van der Waals surface area contributed by atoms with Crippen LogP contribution in [0.25, 0.3) is 0 Å². The number of rotatable bonds is 0. The van der Waals surface area contributed by atoms with Gasteiger partial charge in [-0.25, -0.2) is 0 Å². The molecule has 5 fully saturated rings. The number of hydrogen-bond acceptors (Lipinski definition) is 5. The maximum absolute atomic E-state index is 10.9. The Labute approximate surface area is 185 Å². The van der Waals surface area contributed by atoms with Crippen LogP contribution in [-0.4, -0.2) is 53.7 Å². The van der Waals surface area contributed by atoms with Crippen LogP contribution >= 0.6 is 0 Å². The molecule has 0 radical (unpaired) electrons. The van der Waals surface area contributed by atoms with E-state index >= 15 is 0 Å². The Morgan fingerprint density at radius 2 is 1.94 bits per heavy atom. The van der Waals surface area contributed by atoms with Gasteiger partial charge in [0.2, 0.25) is 0 Å². The second-order valence-electron chi connectivity index (χ2n) is 12.5. The van der Waals surface area contributed by atoms with Crippen LogP contribution in [0.2, 0.25) is 0 Å². The number of phenolic OH excluding ortho intramolecular Hbond substituents is 1. The average Bonchev–Trinajstić information content (AvgIpc) is 3.09. The van der Waals surface area contributed by atoms with E-state index in [9.17, 15) is 5.11 Å². The molecule has 1 aromatic rings. The number of fused-ring (bicyclic) bond motifs is 1. The molecule has 5 nitrogen and oxygen atoms in total. The summed E-state index contributed by atoms with van der Waals surface area (Å²) in [6.07, 6.45) is 5.39. The van der Waals surface area contributed by atoms with Crippen LogP contribution in [0.3, 0.4) is 0 Å². The smallest absolute Gasteiger partial charge is 0.165 e. The molecule has 1 aromatic carbocycles. The van der Waals surface area contributed by atoms with Gasteiger partial charge < -0.3 is 24.2 Å². The summed E-state index contributed by atoms with van der Waals surface area (Å²) in [5.74, 6) is 1.32. The van der Waals surface area contributed by atoms with Crippen molar-refractivity contribution in [2.45, 2.75) is 88.6 Å². The summed E-state index contributed by atoms with van der Waals surface area (Å²) in [5.41, 5.74) is 2.13. The largest absolute Gasteiger partial charge is 0.504 e. The number of phenols is 1. The molecular weight excluding hydrogens is 390 g/mol. The molecule has 7 aliphatic rings. The van der Waals surface area contributed by atoms with Gasteiger partial charge in [-0.2, -0.15) is 0 Å². The van der Waals surface area contributed by atoms with Crippen molar-refractivity contribution in [3.63, 3.8) is 0 Å². The zero-order valence-corrected chi connectivity index (χ0v) is 19.5. The zero-order chi connectivity index (χ0) is 21.6. The number of ether oxygens (including phenoxy) is 3. The lowest BCUT2D eigenvalue weighted by molar-refractivity contribution is -0.389. The average molecular weight is 426 g/mol. The molecule has 3 spiro atoms. The molecule has 2 saturated heterocycles. The highest BCUT2D eigenvalue weighted by Gasteiger charge is 2.83. The molecule has 4 bridgehead atoms. The first-order valence-electron chi connectivity index (χ1n) is 12.1. The van der Waals surface area contributed by atoms with E-state index < -0.39 is 0 Å². The molecule has 5 heteroatoms. The van der Waals surface area contributed by atoms with E-state index in [-0.39, 0.29) is 39.5 Å². The summed E-state index contributed by atoms with van der Waals surface area (Å²) >= 11 is 0. The monoisotopic (exact) mass is 425 g/mol. The predicted octanol–water partition coefficient (Wildman–Crippen LogP) is 4.00. The first-order valence-corrected chi connectivity index (χ1v) is 12.1. The minimum absolute atomic E-state index is 0.00976. The second kappa shape index (κ2) is 5.26. The van der Waals surface area contributed by atoms with Crippen molar-refractivity contribution in [2.75, 3.05) is 20.4 Å². The topological polar surface area (TPSA) is 51.2 Å². The van der Waals surface area contributed by atoms with Crippen molar-refractivity contribution >= 4 is 0 Å². The Kier molecular flexibility index (Phi) is 3.26. The highest BCUT2D eigenvalue weighted by Crippen LogP contribution is 2.78. The Balaban J connectivity index is 1.53. The van der Waals surface area contributed by atoms with Gasteiger partial charge in [-0.05, 0) is 69.7 Å². The lowest BCUT2D eigenvalue weighted by Gasteiger charge is -2.76. The summed E-state index contributed by atoms with van der Waals surface area (Å²) < 4.78 is 20.1. The number of benzene rings is 1. The SMILES string of the molecule is CN1CC[C@]23c4c5ccc(O)c4O[C@H]2[C@@]24CC[C@@]3(CC2[C@@](C)(C(C)(C)C)OCO4)[C@H]1C5. The van der Waals surface area contributed by atoms with Crippen LogP contribution in [0.4, 0.5) is 0 Å². The number of likely N-dealkylation sites (tertiary alicyclic amines) is 1. The van der Waals surface area contributed by atoms with Crippen molar-refractivity contribution in [1.29, 1.82) is 0 Å². The number of likely N-dealkylation sites (N-methyl/N-ethyl adjacent to an activating group) is 1. The maximum atomic E-state index is 10.9. The van der Waals surface area contributed by atoms with Crippen molar-refractivity contribution in [3.05, 3.63) is 23.3 Å². The van der Waals surface area contributed by atoms with Crippen LogP contribution in [0.15, 0.2) is 12.1 Å². The summed E-state index contributed by atoms with van der Waals surface area (Å²) in [5, 5.41) is 10.9. The molecule has 1 unspecified atom stereocenters. The third-order valence-electron chi connectivity index (χ3n) is 11.1. The fourth-order valence-corrected chi connectivity index (χ4v) is 9.32. The Morgan fingerprint density at radius 3 is 2.71 bits per heavy atom. The summed E-state index contributed by atoms with van der Waals surface area (Å²) in [6.45, 7) is 10.6. The Hall–Kier alpha value is -1.30. The van der Waals surface area contributed by atoms with Crippen molar-refractivity contribution in [1.82, 2.24) is 4.90 Å². The Bertz CT molecular complexity index is 1000. The third kappa shape index (κ3) is 1.76.